The molecule has 3 aromatic carbocycles. The number of amides is 1. The van der Waals surface area contributed by atoms with Crippen molar-refractivity contribution in [1.29, 1.82) is 5.26 Å². The second kappa shape index (κ2) is 9.15. The Morgan fingerprint density at radius 3 is 2.35 bits per heavy atom. The minimum atomic E-state index is -0.592. The maximum absolute atomic E-state index is 13.6. The summed E-state index contributed by atoms with van der Waals surface area (Å²) < 4.78 is 19.0. The number of hydrogen-bond donors (Lipinski definition) is 1. The van der Waals surface area contributed by atoms with Gasteiger partial charge in [0.2, 0.25) is 0 Å². The smallest absolute Gasteiger partial charge is 0.407 e. The van der Waals surface area contributed by atoms with E-state index in [0.717, 1.165) is 11.1 Å². The molecule has 0 heterocycles. The normalized spacial score (nSPS) is 11.5. The molecule has 5 heteroatoms. The van der Waals surface area contributed by atoms with E-state index in [4.69, 9.17) is 10.00 Å². The Labute approximate surface area is 180 Å². The first-order valence-electron chi connectivity index (χ1n) is 9.95. The van der Waals surface area contributed by atoms with Crippen LogP contribution in [0.5, 0.6) is 0 Å². The molecule has 31 heavy (non-hydrogen) atoms. The van der Waals surface area contributed by atoms with Crippen LogP contribution in [0.4, 0.5) is 9.18 Å². The Kier molecular flexibility index (Phi) is 5.96. The molecule has 0 aliphatic heterocycles. The third-order valence-corrected chi connectivity index (χ3v) is 5.21. The number of halogens is 1. The van der Waals surface area contributed by atoms with Gasteiger partial charge in [-0.05, 0) is 34.4 Å². The van der Waals surface area contributed by atoms with Gasteiger partial charge in [0.05, 0.1) is 0 Å². The van der Waals surface area contributed by atoms with E-state index in [-0.39, 0.29) is 18.1 Å². The number of benzene rings is 3. The van der Waals surface area contributed by atoms with Gasteiger partial charge >= 0.3 is 6.09 Å². The van der Waals surface area contributed by atoms with Crippen molar-refractivity contribution in [3.05, 3.63) is 94.8 Å². The Balaban J connectivity index is 1.31. The monoisotopic (exact) mass is 410 g/mol. The van der Waals surface area contributed by atoms with Gasteiger partial charge in [-0.25, -0.2) is 9.18 Å². The van der Waals surface area contributed by atoms with Crippen molar-refractivity contribution in [2.45, 2.75) is 12.3 Å². The van der Waals surface area contributed by atoms with Gasteiger partial charge in [0.15, 0.2) is 0 Å². The predicted octanol–water partition coefficient (Wildman–Crippen LogP) is 4.98. The standard InChI is InChI=1S/C26H19FN2O2/c27-25-14-7-9-18(23(25)16-28)8-5-6-15-29-26(30)31-17-24-21-12-3-1-10-19(21)20-11-2-4-13-22(20)24/h1-4,7,9-14,24H,6,15,17H2,(H,29,30). The first-order valence-corrected chi connectivity index (χ1v) is 9.95. The van der Waals surface area contributed by atoms with Crippen LogP contribution in [0.25, 0.3) is 11.1 Å². The average Bonchev–Trinajstić information content (AvgIpc) is 3.11. The van der Waals surface area contributed by atoms with E-state index in [1.54, 1.807) is 6.07 Å². The highest BCUT2D eigenvalue weighted by Crippen LogP contribution is 2.44. The molecule has 0 atom stereocenters. The Hall–Kier alpha value is -4.09. The molecule has 0 bridgehead atoms. The lowest BCUT2D eigenvalue weighted by molar-refractivity contribution is 0.143. The van der Waals surface area contributed by atoms with Gasteiger partial charge in [0.25, 0.3) is 0 Å². The van der Waals surface area contributed by atoms with Crippen molar-refractivity contribution in [3.63, 3.8) is 0 Å². The van der Waals surface area contributed by atoms with Crippen molar-refractivity contribution in [1.82, 2.24) is 5.32 Å². The summed E-state index contributed by atoms with van der Waals surface area (Å²) in [7, 11) is 0. The number of hydrogen-bond acceptors (Lipinski definition) is 3. The molecule has 1 aliphatic rings. The molecule has 0 fully saturated rings. The molecular formula is C26H19FN2O2. The number of carbonyl (C=O) groups is 1. The summed E-state index contributed by atoms with van der Waals surface area (Å²) >= 11 is 0. The van der Waals surface area contributed by atoms with Crippen LogP contribution in [0, 0.1) is 29.0 Å². The topological polar surface area (TPSA) is 62.1 Å². The molecule has 0 aromatic heterocycles. The number of nitrogens with one attached hydrogen (secondary N) is 1. The number of alkyl carbamates (subject to hydrolysis) is 1. The molecule has 1 amide bonds. The second-order valence-corrected chi connectivity index (χ2v) is 7.08. The van der Waals surface area contributed by atoms with Crippen molar-refractivity contribution in [2.75, 3.05) is 13.2 Å². The van der Waals surface area contributed by atoms with Crippen LogP contribution < -0.4 is 5.32 Å². The molecule has 0 saturated heterocycles. The number of nitriles is 1. The van der Waals surface area contributed by atoms with Gasteiger partial charge in [-0.15, -0.1) is 0 Å². The van der Waals surface area contributed by atoms with Gasteiger partial charge in [-0.2, -0.15) is 5.26 Å². The number of nitrogens with zero attached hydrogens (tertiary/aromatic N) is 1. The van der Waals surface area contributed by atoms with Crippen LogP contribution in [-0.4, -0.2) is 19.2 Å². The fraction of sp³-hybridized carbons (Fsp3) is 0.154. The van der Waals surface area contributed by atoms with Crippen molar-refractivity contribution in [2.24, 2.45) is 0 Å². The van der Waals surface area contributed by atoms with Gasteiger partial charge in [0, 0.05) is 24.4 Å². The summed E-state index contributed by atoms with van der Waals surface area (Å²) in [6.45, 7) is 0.543. The molecule has 152 valence electrons. The first kappa shape index (κ1) is 20.2. The molecule has 0 unspecified atom stereocenters. The van der Waals surface area contributed by atoms with Gasteiger partial charge in [0.1, 0.15) is 24.1 Å². The lowest BCUT2D eigenvalue weighted by Crippen LogP contribution is -2.26. The van der Waals surface area contributed by atoms with Crippen LogP contribution in [0.15, 0.2) is 66.7 Å². The van der Waals surface area contributed by atoms with E-state index >= 15 is 0 Å². The largest absolute Gasteiger partial charge is 0.449 e. The Morgan fingerprint density at radius 1 is 1.00 bits per heavy atom. The lowest BCUT2D eigenvalue weighted by Gasteiger charge is -2.14. The van der Waals surface area contributed by atoms with Crippen molar-refractivity contribution in [3.8, 4) is 29.0 Å². The molecule has 0 spiro atoms. The zero-order valence-electron chi connectivity index (χ0n) is 16.7. The molecule has 1 N–H and O–H groups in total. The predicted molar refractivity (Wildman–Crippen MR) is 116 cm³/mol. The minimum absolute atomic E-state index is 0.00956. The Bertz CT molecular complexity index is 1190. The van der Waals surface area contributed by atoms with E-state index in [9.17, 15) is 9.18 Å². The summed E-state index contributed by atoms with van der Waals surface area (Å²) in [6, 6.07) is 22.5. The zero-order chi connectivity index (χ0) is 21.6. The van der Waals surface area contributed by atoms with Crippen LogP contribution in [0.3, 0.4) is 0 Å². The lowest BCUT2D eigenvalue weighted by atomic mass is 9.98. The highest BCUT2D eigenvalue weighted by molar-refractivity contribution is 5.79. The summed E-state index contributed by atoms with van der Waals surface area (Å²) in [5, 5.41) is 11.7. The van der Waals surface area contributed by atoms with Crippen LogP contribution in [0.1, 0.15) is 34.6 Å². The molecule has 3 aromatic rings. The molecule has 4 nitrogen and oxygen atoms in total. The van der Waals surface area contributed by atoms with Gasteiger partial charge in [-0.1, -0.05) is 66.4 Å². The van der Waals surface area contributed by atoms with E-state index in [2.05, 4.69) is 41.4 Å². The highest BCUT2D eigenvalue weighted by atomic mass is 19.1. The van der Waals surface area contributed by atoms with E-state index in [1.165, 1.54) is 23.3 Å². The Morgan fingerprint density at radius 2 is 1.68 bits per heavy atom. The summed E-state index contributed by atoms with van der Waals surface area (Å²) in [6.07, 6.45) is -0.155. The number of rotatable bonds is 4. The SMILES string of the molecule is N#Cc1c(F)cccc1C#CCCNC(=O)OCC1c2ccccc2-c2ccccc21. The average molecular weight is 410 g/mol. The van der Waals surface area contributed by atoms with Crippen molar-refractivity contribution < 1.29 is 13.9 Å². The molecule has 1 aliphatic carbocycles. The van der Waals surface area contributed by atoms with Crippen molar-refractivity contribution >= 4 is 6.09 Å². The van der Waals surface area contributed by atoms with Crippen LogP contribution in [-0.2, 0) is 4.74 Å². The number of fused-ring (bicyclic) bond motifs is 3. The van der Waals surface area contributed by atoms with Crippen LogP contribution in [0.2, 0.25) is 0 Å². The fourth-order valence-electron chi connectivity index (χ4n) is 3.78. The third kappa shape index (κ3) is 4.27. The second-order valence-electron chi connectivity index (χ2n) is 7.08. The third-order valence-electron chi connectivity index (χ3n) is 5.21. The van der Waals surface area contributed by atoms with E-state index in [0.29, 0.717) is 18.5 Å². The molecule has 0 radical (unpaired) electrons. The molecule has 0 saturated carbocycles. The number of carbonyl (C=O) groups excluding carboxylic acids is 1. The quantitative estimate of drug-likeness (QED) is 0.488. The first-order chi connectivity index (χ1) is 15.2. The van der Waals surface area contributed by atoms with E-state index < -0.39 is 11.9 Å². The van der Waals surface area contributed by atoms with Gasteiger partial charge < -0.3 is 10.1 Å². The molecular weight excluding hydrogens is 391 g/mol. The maximum Gasteiger partial charge on any atom is 0.407 e. The fourth-order valence-corrected chi connectivity index (χ4v) is 3.78. The summed E-state index contributed by atoms with van der Waals surface area (Å²) in [5.74, 6) is 5.03. The van der Waals surface area contributed by atoms with E-state index in [1.807, 2.05) is 30.3 Å². The summed E-state index contributed by atoms with van der Waals surface area (Å²) in [5.41, 5.74) is 4.94. The molecule has 4 rings (SSSR count). The number of ether oxygens (including phenoxy) is 1. The van der Waals surface area contributed by atoms with Crippen LogP contribution >= 0.6 is 0 Å². The highest BCUT2D eigenvalue weighted by Gasteiger charge is 2.28. The maximum atomic E-state index is 13.6. The van der Waals surface area contributed by atoms with Gasteiger partial charge in [-0.3, -0.25) is 0 Å². The zero-order valence-corrected chi connectivity index (χ0v) is 16.7. The summed E-state index contributed by atoms with van der Waals surface area (Å²) in [4.78, 5) is 12.1. The minimum Gasteiger partial charge on any atom is -0.449 e.